The van der Waals surface area contributed by atoms with Crippen molar-refractivity contribution in [2.45, 2.75) is 10.2 Å². The van der Waals surface area contributed by atoms with Gasteiger partial charge in [-0.1, -0.05) is 76.6 Å². The zero-order chi connectivity index (χ0) is 30.0. The normalized spacial score (nSPS) is 22.9. The number of hydrogen-bond acceptors (Lipinski definition) is 7. The number of anilines is 1. The van der Waals surface area contributed by atoms with Gasteiger partial charge in [-0.2, -0.15) is 0 Å². The molecular weight excluding hydrogens is 616 g/mol. The molecule has 43 heavy (non-hydrogen) atoms. The van der Waals surface area contributed by atoms with Gasteiger partial charge in [-0.15, -0.1) is 0 Å². The van der Waals surface area contributed by atoms with Gasteiger partial charge in [-0.05, 0) is 46.5 Å². The molecule has 0 spiro atoms. The van der Waals surface area contributed by atoms with Crippen LogP contribution in [-0.4, -0.2) is 35.1 Å². The average molecular weight is 637 g/mol. The highest BCUT2D eigenvalue weighted by Crippen LogP contribution is 2.66. The molecule has 4 aromatic carbocycles. The molecule has 0 unspecified atom stereocenters. The first-order chi connectivity index (χ1) is 20.7. The van der Waals surface area contributed by atoms with Crippen LogP contribution in [0.25, 0.3) is 0 Å². The molecule has 0 radical (unpaired) electrons. The number of nitro groups is 1. The van der Waals surface area contributed by atoms with Crippen molar-refractivity contribution in [1.82, 2.24) is 0 Å². The highest BCUT2D eigenvalue weighted by molar-refractivity contribution is 9.09. The van der Waals surface area contributed by atoms with Gasteiger partial charge in [0, 0.05) is 23.6 Å². The van der Waals surface area contributed by atoms with E-state index >= 15 is 0 Å². The number of hydrogen-bond donors (Lipinski definition) is 0. The van der Waals surface area contributed by atoms with Crippen molar-refractivity contribution in [3.05, 3.63) is 141 Å². The van der Waals surface area contributed by atoms with Gasteiger partial charge in [0.2, 0.25) is 11.8 Å². The van der Waals surface area contributed by atoms with E-state index < -0.39 is 51.3 Å². The van der Waals surface area contributed by atoms with Crippen LogP contribution in [0.5, 0.6) is 0 Å². The number of carbonyl (C=O) groups excluding carboxylic acids is 4. The summed E-state index contributed by atoms with van der Waals surface area (Å²) in [6, 6.07) is 26.8. The van der Waals surface area contributed by atoms with Crippen molar-refractivity contribution in [2.24, 2.45) is 11.8 Å². The molecule has 0 N–H and O–H groups in total. The average Bonchev–Trinajstić information content (AvgIpc) is 3.30. The summed E-state index contributed by atoms with van der Waals surface area (Å²) < 4.78 is 4.37. The summed E-state index contributed by atoms with van der Waals surface area (Å²) in [6.45, 7) is -0.630. The number of alkyl halides is 1. The van der Waals surface area contributed by atoms with Crippen LogP contribution in [-0.2, 0) is 18.7 Å². The highest BCUT2D eigenvalue weighted by atomic mass is 79.9. The zero-order valence-corrected chi connectivity index (χ0v) is 23.9. The number of Topliss-reactive ketones (excluding diaryl/α,β-unsaturated/α-hetero) is 1. The molecule has 2 amide bonds. The number of amides is 2. The number of rotatable bonds is 6. The van der Waals surface area contributed by atoms with Gasteiger partial charge in [0.25, 0.3) is 5.69 Å². The van der Waals surface area contributed by atoms with Gasteiger partial charge in [0.1, 0.15) is 0 Å². The van der Waals surface area contributed by atoms with E-state index in [0.717, 1.165) is 27.2 Å². The van der Waals surface area contributed by atoms with Crippen LogP contribution in [0.3, 0.4) is 0 Å². The van der Waals surface area contributed by atoms with Crippen molar-refractivity contribution in [1.29, 1.82) is 0 Å². The van der Waals surface area contributed by atoms with E-state index in [1.165, 1.54) is 36.4 Å². The molecule has 0 aromatic heterocycles. The fourth-order valence-corrected chi connectivity index (χ4v) is 8.02. The minimum atomic E-state index is -0.937. The molecule has 1 heterocycles. The lowest BCUT2D eigenvalue weighted by Crippen LogP contribution is -2.50. The van der Waals surface area contributed by atoms with Crippen LogP contribution in [0.1, 0.15) is 48.9 Å². The third kappa shape index (κ3) is 3.82. The lowest BCUT2D eigenvalue weighted by molar-refractivity contribution is -0.384. The SMILES string of the molecule is O=C(COC(=O)c1ccccc1N1C(=O)[C@@H]2C3c4ccccc4C(Br)(c4ccccc43)[C@H]2C1=O)c1ccc([N+](=O)[O-])cc1. The Hall–Kier alpha value is -4.96. The minimum absolute atomic E-state index is 0.0367. The number of non-ortho nitro benzene ring substituents is 1. The number of ketones is 1. The molecule has 0 saturated carbocycles. The van der Waals surface area contributed by atoms with Crippen molar-refractivity contribution < 1.29 is 28.8 Å². The van der Waals surface area contributed by atoms with Gasteiger partial charge in [0.05, 0.1) is 32.3 Å². The minimum Gasteiger partial charge on any atom is -0.454 e. The Morgan fingerprint density at radius 3 is 2.05 bits per heavy atom. The number of nitro benzene ring substituents is 1. The maximum Gasteiger partial charge on any atom is 0.340 e. The summed E-state index contributed by atoms with van der Waals surface area (Å²) in [5, 5.41) is 10.9. The van der Waals surface area contributed by atoms with E-state index in [9.17, 15) is 29.3 Å². The number of benzene rings is 4. The topological polar surface area (TPSA) is 124 Å². The lowest BCUT2D eigenvalue weighted by Gasteiger charge is -2.51. The highest BCUT2D eigenvalue weighted by Gasteiger charge is 2.67. The number of esters is 1. The van der Waals surface area contributed by atoms with E-state index in [2.05, 4.69) is 15.9 Å². The molecule has 3 aliphatic carbocycles. The molecule has 212 valence electrons. The van der Waals surface area contributed by atoms with Crippen LogP contribution in [0, 0.1) is 22.0 Å². The second-order valence-electron chi connectivity index (χ2n) is 10.7. The summed E-state index contributed by atoms with van der Waals surface area (Å²) in [6.07, 6.45) is 0. The largest absolute Gasteiger partial charge is 0.454 e. The quantitative estimate of drug-likeness (QED) is 0.0680. The van der Waals surface area contributed by atoms with E-state index in [1.807, 2.05) is 48.5 Å². The van der Waals surface area contributed by atoms with Crippen molar-refractivity contribution in [2.75, 3.05) is 11.5 Å². The van der Waals surface area contributed by atoms with Gasteiger partial charge in [-0.25, -0.2) is 9.69 Å². The molecule has 10 heteroatoms. The first kappa shape index (κ1) is 26.9. The lowest BCUT2D eigenvalue weighted by atomic mass is 9.55. The molecule has 1 saturated heterocycles. The molecule has 9 nitrogen and oxygen atoms in total. The number of imide groups is 1. The maximum atomic E-state index is 14.3. The summed E-state index contributed by atoms with van der Waals surface area (Å²) in [5.74, 6) is -4.06. The smallest absolute Gasteiger partial charge is 0.340 e. The standard InChI is InChI=1S/C33H21BrN2O7/c34-33-23-10-4-1-7-20(23)27(21-8-2-5-11-24(21)33)28-29(33)31(39)35(30(28)38)25-12-6-3-9-22(25)32(40)43-17-26(37)18-13-15-19(16-14-18)36(41)42/h1-16,27-29H,17H2/t27?,28-,29-,33?/m1/s1. The van der Waals surface area contributed by atoms with E-state index in [-0.39, 0.29) is 28.4 Å². The van der Waals surface area contributed by atoms with E-state index in [0.29, 0.717) is 0 Å². The van der Waals surface area contributed by atoms with Crippen LogP contribution in [0.15, 0.2) is 97.1 Å². The van der Waals surface area contributed by atoms with Gasteiger partial charge < -0.3 is 4.74 Å². The summed E-state index contributed by atoms with van der Waals surface area (Å²) in [5.41, 5.74) is 3.87. The number of carbonyl (C=O) groups is 4. The zero-order valence-electron chi connectivity index (χ0n) is 22.3. The third-order valence-electron chi connectivity index (χ3n) is 8.61. The van der Waals surface area contributed by atoms with E-state index in [1.54, 1.807) is 12.1 Å². The summed E-state index contributed by atoms with van der Waals surface area (Å²) in [4.78, 5) is 65.8. The van der Waals surface area contributed by atoms with Crippen molar-refractivity contribution >= 4 is 50.9 Å². The molecule has 1 aliphatic heterocycles. The van der Waals surface area contributed by atoms with Gasteiger partial charge in [-0.3, -0.25) is 24.5 Å². The molecule has 2 atom stereocenters. The Morgan fingerprint density at radius 1 is 0.837 bits per heavy atom. The predicted octanol–water partition coefficient (Wildman–Crippen LogP) is 5.54. The number of nitrogens with zero attached hydrogens (tertiary/aromatic N) is 2. The Labute approximate surface area is 253 Å². The Kier molecular flexibility index (Phi) is 6.14. The van der Waals surface area contributed by atoms with Crippen LogP contribution in [0.2, 0.25) is 0 Å². The van der Waals surface area contributed by atoms with Gasteiger partial charge >= 0.3 is 5.97 Å². The number of halogens is 1. The maximum absolute atomic E-state index is 14.3. The summed E-state index contributed by atoms with van der Waals surface area (Å²) in [7, 11) is 0. The monoisotopic (exact) mass is 636 g/mol. The molecule has 1 fully saturated rings. The van der Waals surface area contributed by atoms with E-state index in [4.69, 9.17) is 4.74 Å². The van der Waals surface area contributed by atoms with Crippen molar-refractivity contribution in [3.8, 4) is 0 Å². The third-order valence-corrected chi connectivity index (χ3v) is 9.96. The Bertz CT molecular complexity index is 1840. The molecule has 4 aliphatic rings. The van der Waals surface area contributed by atoms with Crippen LogP contribution >= 0.6 is 15.9 Å². The number of para-hydroxylation sites is 1. The van der Waals surface area contributed by atoms with Crippen LogP contribution in [0.4, 0.5) is 11.4 Å². The summed E-state index contributed by atoms with van der Waals surface area (Å²) >= 11 is 3.96. The second kappa shape index (κ2) is 9.81. The predicted molar refractivity (Wildman–Crippen MR) is 158 cm³/mol. The first-order valence-corrected chi connectivity index (χ1v) is 14.3. The number of ether oxygens (including phenoxy) is 1. The molecule has 8 rings (SSSR count). The Balaban J connectivity index is 1.21. The fourth-order valence-electron chi connectivity index (χ4n) is 6.82. The molecule has 4 aromatic rings. The van der Waals surface area contributed by atoms with Gasteiger partial charge in [0.15, 0.2) is 12.4 Å². The molecular formula is C33H21BrN2O7. The fraction of sp³-hybridized carbons (Fsp3) is 0.152. The van der Waals surface area contributed by atoms with Crippen molar-refractivity contribution in [3.63, 3.8) is 0 Å². The first-order valence-electron chi connectivity index (χ1n) is 13.5. The Morgan fingerprint density at radius 2 is 1.42 bits per heavy atom. The second-order valence-corrected chi connectivity index (χ2v) is 12.0. The molecule has 2 bridgehead atoms. The van der Waals surface area contributed by atoms with Crippen LogP contribution < -0.4 is 4.90 Å².